The second kappa shape index (κ2) is 8.83. The molecule has 5 nitrogen and oxygen atoms in total. The van der Waals surface area contributed by atoms with Gasteiger partial charge in [-0.2, -0.15) is 8.78 Å². The van der Waals surface area contributed by atoms with Gasteiger partial charge >= 0.3 is 13.0 Å². The van der Waals surface area contributed by atoms with Crippen molar-refractivity contribution in [3.05, 3.63) is 29.8 Å². The van der Waals surface area contributed by atoms with Crippen LogP contribution in [0.4, 0.5) is 22.0 Å². The van der Waals surface area contributed by atoms with Crippen molar-refractivity contribution in [2.75, 3.05) is 6.61 Å². The molecule has 1 aromatic carbocycles. The Balaban J connectivity index is 3.34. The molecule has 1 rings (SSSR count). The van der Waals surface area contributed by atoms with Gasteiger partial charge in [0.05, 0.1) is 18.6 Å². The summed E-state index contributed by atoms with van der Waals surface area (Å²) < 4.78 is 70.5. The van der Waals surface area contributed by atoms with Crippen LogP contribution < -0.4 is 10.5 Å². The van der Waals surface area contributed by atoms with Crippen molar-refractivity contribution in [2.24, 2.45) is 17.1 Å². The van der Waals surface area contributed by atoms with Gasteiger partial charge in [0.1, 0.15) is 5.75 Å². The fraction of sp³-hybridized carbons (Fsp3) is 0.588. The number of aliphatic hydroxyl groups excluding tert-OH is 1. The molecule has 0 aliphatic carbocycles. The molecule has 0 heterocycles. The van der Waals surface area contributed by atoms with E-state index in [4.69, 9.17) is 5.73 Å². The van der Waals surface area contributed by atoms with E-state index in [1.165, 1.54) is 12.1 Å². The first-order chi connectivity index (χ1) is 12.2. The molecule has 10 heteroatoms. The molecule has 27 heavy (non-hydrogen) atoms. The zero-order chi connectivity index (χ0) is 21.0. The first kappa shape index (κ1) is 23.1. The monoisotopic (exact) mass is 399 g/mol. The maximum Gasteiger partial charge on any atom is 0.573 e. The van der Waals surface area contributed by atoms with Crippen molar-refractivity contribution in [1.82, 2.24) is 0 Å². The van der Waals surface area contributed by atoms with E-state index in [-0.39, 0.29) is 5.56 Å². The minimum atomic E-state index is -4.96. The molecule has 0 saturated carbocycles. The lowest BCUT2D eigenvalue weighted by molar-refractivity contribution is -0.274. The minimum absolute atomic E-state index is 0.0319. The molecule has 0 aliphatic heterocycles. The minimum Gasteiger partial charge on any atom is -0.406 e. The van der Waals surface area contributed by atoms with E-state index in [1.807, 2.05) is 0 Å². The SMILES string of the molecule is CC(C)(C)C(O)C(C(N)=O)[C@@H](COC(F)F)c1cccc(OC(F)(F)F)c1. The normalized spacial score (nSPS) is 16.1. The van der Waals surface area contributed by atoms with Gasteiger partial charge in [0, 0.05) is 5.92 Å². The molecule has 0 saturated heterocycles. The number of ether oxygens (including phenoxy) is 2. The second-order valence-electron chi connectivity index (χ2n) is 7.06. The van der Waals surface area contributed by atoms with Crippen LogP contribution in [-0.2, 0) is 9.53 Å². The highest BCUT2D eigenvalue weighted by Gasteiger charge is 2.41. The second-order valence-corrected chi connectivity index (χ2v) is 7.06. The number of rotatable bonds is 8. The fourth-order valence-electron chi connectivity index (χ4n) is 2.64. The largest absolute Gasteiger partial charge is 0.573 e. The van der Waals surface area contributed by atoms with E-state index in [9.17, 15) is 31.9 Å². The van der Waals surface area contributed by atoms with Crippen LogP contribution in [0.2, 0.25) is 0 Å². The zero-order valence-corrected chi connectivity index (χ0v) is 15.0. The molecule has 1 amide bonds. The highest BCUT2D eigenvalue weighted by Crippen LogP contribution is 2.37. The van der Waals surface area contributed by atoms with Crippen LogP contribution in [0.1, 0.15) is 32.3 Å². The highest BCUT2D eigenvalue weighted by atomic mass is 19.4. The molecule has 154 valence electrons. The first-order valence-electron chi connectivity index (χ1n) is 7.95. The van der Waals surface area contributed by atoms with Crippen LogP contribution in [0, 0.1) is 11.3 Å². The van der Waals surface area contributed by atoms with E-state index in [0.29, 0.717) is 0 Å². The number of alkyl halides is 5. The number of benzene rings is 1. The summed E-state index contributed by atoms with van der Waals surface area (Å²) in [5.74, 6) is -4.20. The van der Waals surface area contributed by atoms with Gasteiger partial charge in [-0.1, -0.05) is 32.9 Å². The molecule has 1 aromatic rings. The molecule has 0 aromatic heterocycles. The fourth-order valence-corrected chi connectivity index (χ4v) is 2.64. The lowest BCUT2D eigenvalue weighted by atomic mass is 9.73. The van der Waals surface area contributed by atoms with Crippen LogP contribution in [0.5, 0.6) is 5.75 Å². The third-order valence-corrected chi connectivity index (χ3v) is 3.91. The number of hydrogen-bond acceptors (Lipinski definition) is 4. The molecular formula is C17H22F5NO4. The highest BCUT2D eigenvalue weighted by molar-refractivity contribution is 5.78. The van der Waals surface area contributed by atoms with E-state index in [0.717, 1.165) is 12.1 Å². The van der Waals surface area contributed by atoms with Crippen LogP contribution in [0.3, 0.4) is 0 Å². The van der Waals surface area contributed by atoms with E-state index in [2.05, 4.69) is 9.47 Å². The number of primary amides is 1. The number of carbonyl (C=O) groups is 1. The predicted octanol–water partition coefficient (Wildman–Crippen LogP) is 3.42. The topological polar surface area (TPSA) is 81.8 Å². The van der Waals surface area contributed by atoms with Crippen LogP contribution in [0.25, 0.3) is 0 Å². The molecule has 0 fully saturated rings. The molecular weight excluding hydrogens is 377 g/mol. The average molecular weight is 399 g/mol. The summed E-state index contributed by atoms with van der Waals surface area (Å²) in [6.07, 6.45) is -6.32. The molecule has 3 N–H and O–H groups in total. The van der Waals surface area contributed by atoms with Gasteiger partial charge in [0.15, 0.2) is 0 Å². The third-order valence-electron chi connectivity index (χ3n) is 3.91. The van der Waals surface area contributed by atoms with Gasteiger partial charge in [-0.15, -0.1) is 13.2 Å². The summed E-state index contributed by atoms with van der Waals surface area (Å²) in [7, 11) is 0. The Labute approximate surface area is 153 Å². The predicted molar refractivity (Wildman–Crippen MR) is 86.0 cm³/mol. The Morgan fingerprint density at radius 3 is 2.26 bits per heavy atom. The van der Waals surface area contributed by atoms with Gasteiger partial charge in [-0.25, -0.2) is 0 Å². The van der Waals surface area contributed by atoms with Gasteiger partial charge in [0.2, 0.25) is 5.91 Å². The van der Waals surface area contributed by atoms with Crippen LogP contribution >= 0.6 is 0 Å². The molecule has 2 unspecified atom stereocenters. The lowest BCUT2D eigenvalue weighted by Gasteiger charge is -2.36. The first-order valence-corrected chi connectivity index (χ1v) is 7.95. The summed E-state index contributed by atoms with van der Waals surface area (Å²) in [6.45, 7) is 0.877. The number of aliphatic hydroxyl groups is 1. The Hall–Kier alpha value is -1.94. The van der Waals surface area contributed by atoms with Gasteiger partial charge in [-0.3, -0.25) is 4.79 Å². The summed E-state index contributed by atoms with van der Waals surface area (Å²) in [5.41, 5.74) is 4.54. The number of hydrogen-bond donors (Lipinski definition) is 2. The average Bonchev–Trinajstić information content (AvgIpc) is 2.47. The third kappa shape index (κ3) is 7.30. The van der Waals surface area contributed by atoms with Gasteiger partial charge in [-0.05, 0) is 23.1 Å². The maximum absolute atomic E-state index is 12.5. The van der Waals surface area contributed by atoms with E-state index >= 15 is 0 Å². The molecule has 0 bridgehead atoms. The number of carbonyl (C=O) groups excluding carboxylic acids is 1. The molecule has 0 spiro atoms. The number of amides is 1. The van der Waals surface area contributed by atoms with Crippen molar-refractivity contribution in [3.63, 3.8) is 0 Å². The summed E-state index contributed by atoms with van der Waals surface area (Å²) in [6, 6.07) is 4.47. The van der Waals surface area contributed by atoms with Crippen LogP contribution in [0.15, 0.2) is 24.3 Å². The van der Waals surface area contributed by atoms with E-state index in [1.54, 1.807) is 20.8 Å². The Morgan fingerprint density at radius 1 is 1.22 bits per heavy atom. The van der Waals surface area contributed by atoms with Crippen molar-refractivity contribution in [2.45, 2.75) is 45.8 Å². The van der Waals surface area contributed by atoms with Gasteiger partial charge < -0.3 is 20.3 Å². The van der Waals surface area contributed by atoms with E-state index < -0.39 is 54.6 Å². The van der Waals surface area contributed by atoms with Crippen molar-refractivity contribution in [3.8, 4) is 5.75 Å². The van der Waals surface area contributed by atoms with Crippen molar-refractivity contribution in [1.29, 1.82) is 0 Å². The smallest absolute Gasteiger partial charge is 0.406 e. The standard InChI is InChI=1S/C17H22F5NO4/c1-16(2,3)13(24)12(14(23)25)11(8-26-15(18)19)9-5-4-6-10(7-9)27-17(20,21)22/h4-7,11-13,15,24H,8H2,1-3H3,(H2,23,25)/t11-,12?,13?/m0/s1. The Kier molecular flexibility index (Phi) is 7.56. The lowest BCUT2D eigenvalue weighted by Crippen LogP contribution is -2.45. The summed E-state index contributed by atoms with van der Waals surface area (Å²) in [4.78, 5) is 12.0. The van der Waals surface area contributed by atoms with Crippen molar-refractivity contribution >= 4 is 5.91 Å². The van der Waals surface area contributed by atoms with Gasteiger partial charge in [0.25, 0.3) is 0 Å². The maximum atomic E-state index is 12.5. The summed E-state index contributed by atoms with van der Waals surface area (Å²) in [5, 5.41) is 10.5. The number of nitrogens with two attached hydrogens (primary N) is 1. The molecule has 0 radical (unpaired) electrons. The molecule has 3 atom stereocenters. The summed E-state index contributed by atoms with van der Waals surface area (Å²) >= 11 is 0. The Bertz CT molecular complexity index is 630. The Morgan fingerprint density at radius 2 is 1.81 bits per heavy atom. The number of halogens is 5. The quantitative estimate of drug-likeness (QED) is 0.657. The van der Waals surface area contributed by atoms with Crippen molar-refractivity contribution < 1.29 is 41.3 Å². The van der Waals surface area contributed by atoms with Crippen LogP contribution in [-0.4, -0.2) is 36.7 Å². The zero-order valence-electron chi connectivity index (χ0n) is 15.0. The molecule has 0 aliphatic rings.